The zero-order chi connectivity index (χ0) is 10.6. The lowest BCUT2D eigenvalue weighted by atomic mass is 10.3. The number of anilines is 1. The van der Waals surface area contributed by atoms with Gasteiger partial charge in [0.25, 0.3) is 0 Å². The normalized spacial score (nSPS) is 10.2. The van der Waals surface area contributed by atoms with Gasteiger partial charge < -0.3 is 4.90 Å². The van der Waals surface area contributed by atoms with E-state index in [2.05, 4.69) is 28.2 Å². The maximum atomic E-state index is 4.35. The summed E-state index contributed by atoms with van der Waals surface area (Å²) in [4.78, 5) is 2.11. The van der Waals surface area contributed by atoms with Crippen molar-refractivity contribution in [2.75, 3.05) is 19.0 Å². The number of hydrogen-bond acceptors (Lipinski definition) is 2. The first-order valence-electron chi connectivity index (χ1n) is 4.97. The minimum absolute atomic E-state index is 0.966. The van der Waals surface area contributed by atoms with Crippen molar-refractivity contribution in [2.45, 2.75) is 26.3 Å². The van der Waals surface area contributed by atoms with Crippen molar-refractivity contribution in [1.29, 1.82) is 0 Å². The third-order valence-corrected chi connectivity index (χ3v) is 2.19. The molecule has 1 heterocycles. The summed E-state index contributed by atoms with van der Waals surface area (Å²) in [6, 6.07) is 0. The number of aromatic nitrogens is 2. The smallest absolute Gasteiger partial charge is 0.129 e. The fourth-order valence-electron chi connectivity index (χ4n) is 1.60. The van der Waals surface area contributed by atoms with Crippen molar-refractivity contribution in [3.63, 3.8) is 0 Å². The van der Waals surface area contributed by atoms with Gasteiger partial charge in [-0.2, -0.15) is 5.10 Å². The molecule has 0 aliphatic rings. The fourth-order valence-corrected chi connectivity index (χ4v) is 1.60. The molecule has 0 aliphatic heterocycles. The summed E-state index contributed by atoms with van der Waals surface area (Å²) < 4.78 is 2.05. The third kappa shape index (κ3) is 2.37. The Kier molecular flexibility index (Phi) is 3.74. The van der Waals surface area contributed by atoms with Crippen LogP contribution in [0.1, 0.15) is 18.4 Å². The van der Waals surface area contributed by atoms with E-state index < -0.39 is 0 Å². The first kappa shape index (κ1) is 10.8. The number of aryl methyl sites for hydroxylation is 2. The van der Waals surface area contributed by atoms with Crippen LogP contribution in [0.4, 0.5) is 5.82 Å². The average Bonchev–Trinajstić information content (AvgIpc) is 2.47. The number of allylic oxidation sites excluding steroid dienone is 1. The van der Waals surface area contributed by atoms with Gasteiger partial charge in [0.1, 0.15) is 5.82 Å². The Bertz CT molecular complexity index is 299. The summed E-state index contributed by atoms with van der Waals surface area (Å²) in [5.74, 6) is 1.20. The van der Waals surface area contributed by atoms with Crippen molar-refractivity contribution in [1.82, 2.24) is 9.78 Å². The summed E-state index contributed by atoms with van der Waals surface area (Å²) in [6.45, 7) is 6.77. The molecule has 14 heavy (non-hydrogen) atoms. The lowest BCUT2D eigenvalue weighted by Crippen LogP contribution is -2.16. The van der Waals surface area contributed by atoms with Crippen molar-refractivity contribution in [3.05, 3.63) is 24.4 Å². The standard InChI is InChI=1S/C11H19N3/c1-5-6-7-8-14-11(13(3)4)10(2)9-12-14/h5,9H,1,6-8H2,2-4H3. The van der Waals surface area contributed by atoms with Crippen LogP contribution < -0.4 is 4.90 Å². The predicted molar refractivity (Wildman–Crippen MR) is 60.7 cm³/mol. The molecule has 0 radical (unpaired) electrons. The topological polar surface area (TPSA) is 21.1 Å². The SMILES string of the molecule is C=CCCCn1ncc(C)c1N(C)C. The third-order valence-electron chi connectivity index (χ3n) is 2.19. The largest absolute Gasteiger partial charge is 0.363 e. The fraction of sp³-hybridized carbons (Fsp3) is 0.545. The lowest BCUT2D eigenvalue weighted by Gasteiger charge is -2.15. The average molecular weight is 193 g/mol. The van der Waals surface area contributed by atoms with Gasteiger partial charge >= 0.3 is 0 Å². The molecule has 0 atom stereocenters. The van der Waals surface area contributed by atoms with Crippen LogP contribution in [0, 0.1) is 6.92 Å². The molecule has 0 spiro atoms. The van der Waals surface area contributed by atoms with Crippen molar-refractivity contribution in [3.8, 4) is 0 Å². The molecule has 0 aromatic carbocycles. The maximum absolute atomic E-state index is 4.35. The van der Waals surface area contributed by atoms with Crippen LogP contribution in [-0.2, 0) is 6.54 Å². The predicted octanol–water partition coefficient (Wildman–Crippen LogP) is 2.22. The van der Waals surface area contributed by atoms with Crippen molar-refractivity contribution >= 4 is 5.82 Å². The molecule has 1 rings (SSSR count). The van der Waals surface area contributed by atoms with E-state index in [1.807, 2.05) is 26.4 Å². The zero-order valence-electron chi connectivity index (χ0n) is 9.32. The van der Waals surface area contributed by atoms with E-state index in [-0.39, 0.29) is 0 Å². The summed E-state index contributed by atoms with van der Waals surface area (Å²) in [5.41, 5.74) is 1.23. The highest BCUT2D eigenvalue weighted by Crippen LogP contribution is 2.17. The number of unbranched alkanes of at least 4 members (excludes halogenated alkanes) is 1. The molecule has 0 saturated heterocycles. The highest BCUT2D eigenvalue weighted by atomic mass is 15.4. The summed E-state index contributed by atoms with van der Waals surface area (Å²) in [5, 5.41) is 4.35. The van der Waals surface area contributed by atoms with Crippen LogP contribution in [0.2, 0.25) is 0 Å². The molecule has 1 aromatic rings. The number of rotatable bonds is 5. The molecule has 0 unspecified atom stereocenters. The van der Waals surface area contributed by atoms with Gasteiger partial charge in [0.05, 0.1) is 6.20 Å². The summed E-state index contributed by atoms with van der Waals surface area (Å²) >= 11 is 0. The van der Waals surface area contributed by atoms with Crippen molar-refractivity contribution in [2.24, 2.45) is 0 Å². The zero-order valence-corrected chi connectivity index (χ0v) is 9.32. The van der Waals surface area contributed by atoms with Gasteiger partial charge in [-0.1, -0.05) is 6.08 Å². The van der Waals surface area contributed by atoms with Gasteiger partial charge in [-0.3, -0.25) is 0 Å². The van der Waals surface area contributed by atoms with Gasteiger partial charge in [0, 0.05) is 26.2 Å². The Morgan fingerprint density at radius 3 is 2.86 bits per heavy atom. The van der Waals surface area contributed by atoms with Crippen LogP contribution in [0.3, 0.4) is 0 Å². The van der Waals surface area contributed by atoms with Crippen LogP contribution >= 0.6 is 0 Å². The molecule has 3 nitrogen and oxygen atoms in total. The molecular weight excluding hydrogens is 174 g/mol. The van der Waals surface area contributed by atoms with E-state index >= 15 is 0 Å². The van der Waals surface area contributed by atoms with Crippen LogP contribution in [0.25, 0.3) is 0 Å². The molecule has 0 fully saturated rings. The van der Waals surface area contributed by atoms with E-state index in [4.69, 9.17) is 0 Å². The lowest BCUT2D eigenvalue weighted by molar-refractivity contribution is 0.582. The molecule has 0 amide bonds. The minimum atomic E-state index is 0.966. The highest BCUT2D eigenvalue weighted by molar-refractivity contribution is 5.44. The number of hydrogen-bond donors (Lipinski definition) is 0. The molecule has 78 valence electrons. The molecule has 0 aliphatic carbocycles. The first-order valence-corrected chi connectivity index (χ1v) is 4.97. The van der Waals surface area contributed by atoms with E-state index in [9.17, 15) is 0 Å². The van der Waals surface area contributed by atoms with Gasteiger partial charge in [-0.05, 0) is 19.8 Å². The van der Waals surface area contributed by atoms with Crippen molar-refractivity contribution < 1.29 is 0 Å². The Labute approximate surface area is 86.0 Å². The van der Waals surface area contributed by atoms with Crippen LogP contribution in [-0.4, -0.2) is 23.9 Å². The highest BCUT2D eigenvalue weighted by Gasteiger charge is 2.07. The molecule has 0 saturated carbocycles. The Balaban J connectivity index is 2.71. The first-order chi connectivity index (χ1) is 6.66. The van der Waals surface area contributed by atoms with Crippen LogP contribution in [0.15, 0.2) is 18.9 Å². The molecule has 0 N–H and O–H groups in total. The van der Waals surface area contributed by atoms with Gasteiger partial charge in [0.2, 0.25) is 0 Å². The van der Waals surface area contributed by atoms with E-state index in [1.54, 1.807) is 0 Å². The Hall–Kier alpha value is -1.25. The Morgan fingerprint density at radius 2 is 2.29 bits per heavy atom. The maximum Gasteiger partial charge on any atom is 0.129 e. The van der Waals surface area contributed by atoms with Crippen LogP contribution in [0.5, 0.6) is 0 Å². The Morgan fingerprint density at radius 1 is 1.57 bits per heavy atom. The molecular formula is C11H19N3. The monoisotopic (exact) mass is 193 g/mol. The molecule has 3 heteroatoms. The summed E-state index contributed by atoms with van der Waals surface area (Å²) in [7, 11) is 4.10. The minimum Gasteiger partial charge on any atom is -0.363 e. The van der Waals surface area contributed by atoms with E-state index in [0.717, 1.165) is 19.4 Å². The van der Waals surface area contributed by atoms with E-state index in [1.165, 1.54) is 11.4 Å². The van der Waals surface area contributed by atoms with Gasteiger partial charge in [0.15, 0.2) is 0 Å². The van der Waals surface area contributed by atoms with Gasteiger partial charge in [-0.15, -0.1) is 6.58 Å². The van der Waals surface area contributed by atoms with E-state index in [0.29, 0.717) is 0 Å². The second kappa shape index (κ2) is 4.84. The molecule has 1 aromatic heterocycles. The summed E-state index contributed by atoms with van der Waals surface area (Å²) in [6.07, 6.45) is 6.02. The second-order valence-electron chi connectivity index (χ2n) is 3.70. The van der Waals surface area contributed by atoms with Gasteiger partial charge in [-0.25, -0.2) is 4.68 Å². The molecule has 0 bridgehead atoms. The quantitative estimate of drug-likeness (QED) is 0.528. The second-order valence-corrected chi connectivity index (χ2v) is 3.70. The number of nitrogens with zero attached hydrogens (tertiary/aromatic N) is 3.